The third-order valence-corrected chi connectivity index (χ3v) is 3.73. The fourth-order valence-electron chi connectivity index (χ4n) is 2.42. The Balaban J connectivity index is 2.14. The van der Waals surface area contributed by atoms with Crippen LogP contribution >= 0.6 is 11.6 Å². The summed E-state index contributed by atoms with van der Waals surface area (Å²) in [6, 6.07) is 7.50. The second-order valence-corrected chi connectivity index (χ2v) is 5.57. The average Bonchev–Trinajstić information content (AvgIpc) is 2.45. The number of benzene rings is 1. The maximum Gasteiger partial charge on any atom is 0.220 e. The molecule has 114 valence electrons. The van der Waals surface area contributed by atoms with E-state index < -0.39 is 0 Å². The minimum atomic E-state index is -0.0967. The molecular weight excluding hydrogens is 286 g/mol. The Labute approximate surface area is 130 Å². The van der Waals surface area contributed by atoms with Crippen LogP contribution in [0.3, 0.4) is 0 Å². The number of rotatable bonds is 6. The molecule has 1 heterocycles. The SMILES string of the molecule is CCCCCC[C@H]1N=C(N)N=C(N)N1c1ccc(Cl)cc1. The molecule has 0 spiro atoms. The van der Waals surface area contributed by atoms with E-state index in [9.17, 15) is 0 Å². The minimum Gasteiger partial charge on any atom is -0.369 e. The molecule has 1 aromatic carbocycles. The quantitative estimate of drug-likeness (QED) is 0.793. The third-order valence-electron chi connectivity index (χ3n) is 3.48. The van der Waals surface area contributed by atoms with Gasteiger partial charge < -0.3 is 11.5 Å². The predicted octanol–water partition coefficient (Wildman–Crippen LogP) is 3.09. The zero-order valence-corrected chi connectivity index (χ0v) is 13.1. The first-order valence-electron chi connectivity index (χ1n) is 7.34. The van der Waals surface area contributed by atoms with E-state index >= 15 is 0 Å². The van der Waals surface area contributed by atoms with Gasteiger partial charge in [-0.2, -0.15) is 4.99 Å². The predicted molar refractivity (Wildman–Crippen MR) is 89.7 cm³/mol. The summed E-state index contributed by atoms with van der Waals surface area (Å²) in [5, 5.41) is 0.689. The monoisotopic (exact) mass is 307 g/mol. The Morgan fingerprint density at radius 1 is 1.14 bits per heavy atom. The summed E-state index contributed by atoms with van der Waals surface area (Å²) in [5.41, 5.74) is 12.7. The van der Waals surface area contributed by atoms with E-state index in [-0.39, 0.29) is 12.1 Å². The normalized spacial score (nSPS) is 18.4. The summed E-state index contributed by atoms with van der Waals surface area (Å²) >= 11 is 5.94. The molecule has 0 saturated carbocycles. The summed E-state index contributed by atoms with van der Waals surface area (Å²) < 4.78 is 0. The highest BCUT2D eigenvalue weighted by molar-refractivity contribution is 6.30. The summed E-state index contributed by atoms with van der Waals surface area (Å²) in [6.07, 6.45) is 5.53. The minimum absolute atomic E-state index is 0.0967. The first kappa shape index (κ1) is 15.6. The largest absolute Gasteiger partial charge is 0.369 e. The number of hydrogen-bond acceptors (Lipinski definition) is 5. The number of nitrogens with zero attached hydrogens (tertiary/aromatic N) is 3. The second kappa shape index (κ2) is 7.31. The smallest absolute Gasteiger partial charge is 0.220 e. The van der Waals surface area contributed by atoms with Crippen molar-refractivity contribution >= 4 is 29.2 Å². The Morgan fingerprint density at radius 2 is 1.86 bits per heavy atom. The lowest BCUT2D eigenvalue weighted by molar-refractivity contribution is 0.554. The molecule has 0 aromatic heterocycles. The van der Waals surface area contributed by atoms with Crippen LogP contribution in [0.2, 0.25) is 5.02 Å². The summed E-state index contributed by atoms with van der Waals surface area (Å²) in [6.45, 7) is 2.20. The molecule has 6 heteroatoms. The third kappa shape index (κ3) is 4.11. The molecule has 0 saturated heterocycles. The number of anilines is 1. The zero-order valence-electron chi connectivity index (χ0n) is 12.3. The summed E-state index contributed by atoms with van der Waals surface area (Å²) in [5.74, 6) is 0.628. The van der Waals surface area contributed by atoms with Gasteiger partial charge >= 0.3 is 0 Å². The van der Waals surface area contributed by atoms with Crippen molar-refractivity contribution in [2.24, 2.45) is 21.5 Å². The van der Waals surface area contributed by atoms with Crippen LogP contribution < -0.4 is 16.4 Å². The van der Waals surface area contributed by atoms with Crippen molar-refractivity contribution in [1.29, 1.82) is 0 Å². The van der Waals surface area contributed by atoms with E-state index in [1.54, 1.807) is 0 Å². The van der Waals surface area contributed by atoms with Crippen molar-refractivity contribution in [1.82, 2.24) is 0 Å². The summed E-state index contributed by atoms with van der Waals surface area (Å²) in [4.78, 5) is 10.4. The van der Waals surface area contributed by atoms with E-state index in [1.165, 1.54) is 19.3 Å². The van der Waals surface area contributed by atoms with E-state index in [0.29, 0.717) is 11.0 Å². The molecule has 4 N–H and O–H groups in total. The van der Waals surface area contributed by atoms with Gasteiger partial charge in [0.05, 0.1) is 0 Å². The lowest BCUT2D eigenvalue weighted by Gasteiger charge is -2.32. The molecule has 1 aromatic rings. The number of guanidine groups is 2. The van der Waals surface area contributed by atoms with Gasteiger partial charge in [-0.05, 0) is 37.1 Å². The van der Waals surface area contributed by atoms with Crippen molar-refractivity contribution < 1.29 is 0 Å². The van der Waals surface area contributed by atoms with Crippen LogP contribution in [0, 0.1) is 0 Å². The molecule has 1 atom stereocenters. The van der Waals surface area contributed by atoms with Crippen LogP contribution in [-0.4, -0.2) is 18.1 Å². The Kier molecular flexibility index (Phi) is 5.44. The number of hydrogen-bond donors (Lipinski definition) is 2. The van der Waals surface area contributed by atoms with Gasteiger partial charge in [-0.1, -0.05) is 37.8 Å². The molecular formula is C15H22ClN5. The fourth-order valence-corrected chi connectivity index (χ4v) is 2.54. The zero-order chi connectivity index (χ0) is 15.2. The Hall–Kier alpha value is -1.75. The second-order valence-electron chi connectivity index (χ2n) is 5.13. The number of aliphatic imine (C=N–C) groups is 2. The van der Waals surface area contributed by atoms with E-state index in [0.717, 1.165) is 18.5 Å². The van der Waals surface area contributed by atoms with Crippen molar-refractivity contribution in [3.05, 3.63) is 29.3 Å². The summed E-state index contributed by atoms with van der Waals surface area (Å²) in [7, 11) is 0. The maximum atomic E-state index is 6.04. The first-order valence-corrected chi connectivity index (χ1v) is 7.72. The van der Waals surface area contributed by atoms with Crippen molar-refractivity contribution in [3.63, 3.8) is 0 Å². The molecule has 5 nitrogen and oxygen atoms in total. The van der Waals surface area contributed by atoms with Crippen molar-refractivity contribution in [2.45, 2.75) is 45.2 Å². The average molecular weight is 308 g/mol. The molecule has 2 rings (SSSR count). The molecule has 21 heavy (non-hydrogen) atoms. The van der Waals surface area contributed by atoms with Gasteiger partial charge in [0.1, 0.15) is 6.17 Å². The van der Waals surface area contributed by atoms with Gasteiger partial charge in [0.25, 0.3) is 0 Å². The number of halogens is 1. The van der Waals surface area contributed by atoms with Crippen LogP contribution in [-0.2, 0) is 0 Å². The number of unbranched alkanes of at least 4 members (excludes halogenated alkanes) is 3. The lowest BCUT2D eigenvalue weighted by Crippen LogP contribution is -2.48. The van der Waals surface area contributed by atoms with Gasteiger partial charge in [-0.3, -0.25) is 4.90 Å². The Morgan fingerprint density at radius 3 is 2.52 bits per heavy atom. The standard InChI is InChI=1S/C15H22ClN5/c1-2-3-4-5-6-13-19-14(17)20-15(18)21(13)12-9-7-11(16)8-10-12/h7-10,13H,2-6H2,1H3,(H4,17,18,19,20)/t13-/m0/s1. The molecule has 0 fully saturated rings. The van der Waals surface area contributed by atoms with Gasteiger partial charge in [0.2, 0.25) is 11.9 Å². The highest BCUT2D eigenvalue weighted by Crippen LogP contribution is 2.24. The highest BCUT2D eigenvalue weighted by Gasteiger charge is 2.25. The van der Waals surface area contributed by atoms with Gasteiger partial charge in [0.15, 0.2) is 0 Å². The molecule has 0 bridgehead atoms. The molecule has 0 amide bonds. The molecule has 0 unspecified atom stereocenters. The Bertz CT molecular complexity index is 523. The number of nitrogens with two attached hydrogens (primary N) is 2. The van der Waals surface area contributed by atoms with E-state index in [2.05, 4.69) is 16.9 Å². The first-order chi connectivity index (χ1) is 10.1. The van der Waals surface area contributed by atoms with Gasteiger partial charge in [-0.15, -0.1) is 0 Å². The van der Waals surface area contributed by atoms with E-state index in [1.807, 2.05) is 29.2 Å². The van der Waals surface area contributed by atoms with Crippen molar-refractivity contribution in [3.8, 4) is 0 Å². The maximum absolute atomic E-state index is 6.04. The molecule has 1 aliphatic rings. The van der Waals surface area contributed by atoms with Crippen molar-refractivity contribution in [2.75, 3.05) is 4.90 Å². The molecule has 1 aliphatic heterocycles. The van der Waals surface area contributed by atoms with Gasteiger partial charge in [-0.25, -0.2) is 4.99 Å². The topological polar surface area (TPSA) is 80.0 Å². The van der Waals surface area contributed by atoms with Gasteiger partial charge in [0, 0.05) is 10.7 Å². The lowest BCUT2D eigenvalue weighted by atomic mass is 10.1. The van der Waals surface area contributed by atoms with Crippen LogP contribution in [0.4, 0.5) is 5.69 Å². The molecule has 0 radical (unpaired) electrons. The van der Waals surface area contributed by atoms with Crippen LogP contribution in [0.15, 0.2) is 34.3 Å². The fraction of sp³-hybridized carbons (Fsp3) is 0.467. The van der Waals surface area contributed by atoms with Crippen LogP contribution in [0.1, 0.15) is 39.0 Å². The van der Waals surface area contributed by atoms with E-state index in [4.69, 9.17) is 23.1 Å². The van der Waals surface area contributed by atoms with Crippen LogP contribution in [0.5, 0.6) is 0 Å². The highest BCUT2D eigenvalue weighted by atomic mass is 35.5. The van der Waals surface area contributed by atoms with Crippen LogP contribution in [0.25, 0.3) is 0 Å². The molecule has 0 aliphatic carbocycles.